The van der Waals surface area contributed by atoms with Crippen LogP contribution in [0.1, 0.15) is 52.9 Å². The van der Waals surface area contributed by atoms with Gasteiger partial charge >= 0.3 is 0 Å². The van der Waals surface area contributed by atoms with E-state index in [1.54, 1.807) is 6.33 Å². The number of anilines is 1. The van der Waals surface area contributed by atoms with Gasteiger partial charge in [0, 0.05) is 6.54 Å². The molecule has 2 heterocycles. The topological polar surface area (TPSA) is 75.7 Å². The van der Waals surface area contributed by atoms with Crippen molar-refractivity contribution in [3.8, 4) is 5.88 Å². The average molecular weight is 291 g/mol. The Balaban J connectivity index is 2.04. The van der Waals surface area contributed by atoms with Crippen LogP contribution in [0.15, 0.2) is 6.33 Å². The first-order valence-corrected chi connectivity index (χ1v) is 7.86. The smallest absolute Gasteiger partial charge is 0.245 e. The SMILES string of the molecule is CCCCCCC(C)Oc1nc(NCC)nc2nc[nH]c12. The van der Waals surface area contributed by atoms with Gasteiger partial charge in [-0.25, -0.2) is 4.98 Å². The Labute approximate surface area is 125 Å². The number of aromatic amines is 1. The Hall–Kier alpha value is -1.85. The van der Waals surface area contributed by atoms with Gasteiger partial charge in [0.1, 0.15) is 5.52 Å². The summed E-state index contributed by atoms with van der Waals surface area (Å²) in [7, 11) is 0. The predicted molar refractivity (Wildman–Crippen MR) is 84.7 cm³/mol. The molecule has 0 bridgehead atoms. The van der Waals surface area contributed by atoms with E-state index in [9.17, 15) is 0 Å². The van der Waals surface area contributed by atoms with Crippen molar-refractivity contribution in [1.82, 2.24) is 19.9 Å². The summed E-state index contributed by atoms with van der Waals surface area (Å²) < 4.78 is 5.99. The standard InChI is InChI=1S/C15H25N5O/c1-4-6-7-8-9-11(3)21-14-12-13(18-10-17-12)19-15(20-14)16-5-2/h10-11H,4-9H2,1-3H3,(H2,16,17,18,19,20). The van der Waals surface area contributed by atoms with Crippen LogP contribution in [0.3, 0.4) is 0 Å². The van der Waals surface area contributed by atoms with Gasteiger partial charge in [-0.3, -0.25) is 0 Å². The van der Waals surface area contributed by atoms with Gasteiger partial charge in [0.25, 0.3) is 0 Å². The monoisotopic (exact) mass is 291 g/mol. The van der Waals surface area contributed by atoms with E-state index in [2.05, 4.69) is 39.1 Å². The van der Waals surface area contributed by atoms with Gasteiger partial charge in [0.2, 0.25) is 11.8 Å². The molecule has 0 fully saturated rings. The Kier molecular flexibility index (Phi) is 5.78. The van der Waals surface area contributed by atoms with Crippen LogP contribution >= 0.6 is 0 Å². The number of ether oxygens (including phenoxy) is 1. The van der Waals surface area contributed by atoms with Crippen LogP contribution in [0.5, 0.6) is 5.88 Å². The van der Waals surface area contributed by atoms with Crippen molar-refractivity contribution in [3.63, 3.8) is 0 Å². The third kappa shape index (κ3) is 4.31. The minimum absolute atomic E-state index is 0.137. The molecule has 21 heavy (non-hydrogen) atoms. The van der Waals surface area contributed by atoms with Crippen molar-refractivity contribution in [1.29, 1.82) is 0 Å². The highest BCUT2D eigenvalue weighted by atomic mass is 16.5. The first kappa shape index (κ1) is 15.5. The summed E-state index contributed by atoms with van der Waals surface area (Å²) in [6.07, 6.45) is 7.78. The summed E-state index contributed by atoms with van der Waals surface area (Å²) in [5, 5.41) is 3.11. The first-order valence-electron chi connectivity index (χ1n) is 7.86. The van der Waals surface area contributed by atoms with E-state index in [0.717, 1.165) is 18.5 Å². The zero-order valence-corrected chi connectivity index (χ0v) is 13.1. The lowest BCUT2D eigenvalue weighted by Gasteiger charge is -2.14. The fourth-order valence-electron chi connectivity index (χ4n) is 2.24. The van der Waals surface area contributed by atoms with Crippen molar-refractivity contribution < 1.29 is 4.74 Å². The molecule has 2 rings (SSSR count). The number of imidazole rings is 1. The number of hydrogen-bond acceptors (Lipinski definition) is 5. The van der Waals surface area contributed by atoms with E-state index in [4.69, 9.17) is 4.74 Å². The van der Waals surface area contributed by atoms with E-state index in [1.165, 1.54) is 25.7 Å². The maximum atomic E-state index is 5.99. The molecule has 1 unspecified atom stereocenters. The molecular formula is C15H25N5O. The number of nitrogens with zero attached hydrogens (tertiary/aromatic N) is 3. The molecule has 1 atom stereocenters. The third-order valence-corrected chi connectivity index (χ3v) is 3.36. The molecule has 0 radical (unpaired) electrons. The largest absolute Gasteiger partial charge is 0.473 e. The molecule has 0 aliphatic rings. The van der Waals surface area contributed by atoms with Crippen LogP contribution in [0.25, 0.3) is 11.2 Å². The number of aromatic nitrogens is 4. The van der Waals surface area contributed by atoms with Crippen molar-refractivity contribution in [2.24, 2.45) is 0 Å². The summed E-state index contributed by atoms with van der Waals surface area (Å²) in [4.78, 5) is 16.0. The molecule has 0 saturated carbocycles. The molecule has 0 saturated heterocycles. The maximum absolute atomic E-state index is 5.99. The van der Waals surface area contributed by atoms with Crippen molar-refractivity contribution in [2.45, 2.75) is 59.0 Å². The highest BCUT2D eigenvalue weighted by Crippen LogP contribution is 2.23. The molecule has 0 aliphatic heterocycles. The fourth-order valence-corrected chi connectivity index (χ4v) is 2.24. The maximum Gasteiger partial charge on any atom is 0.245 e. The van der Waals surface area contributed by atoms with Gasteiger partial charge in [-0.1, -0.05) is 26.2 Å². The number of fused-ring (bicyclic) bond motifs is 1. The molecular weight excluding hydrogens is 266 g/mol. The molecule has 116 valence electrons. The van der Waals surface area contributed by atoms with Crippen LogP contribution in [0, 0.1) is 0 Å². The van der Waals surface area contributed by atoms with Crippen molar-refractivity contribution in [3.05, 3.63) is 6.33 Å². The predicted octanol–water partition coefficient (Wildman–Crippen LogP) is 3.52. The van der Waals surface area contributed by atoms with Crippen molar-refractivity contribution in [2.75, 3.05) is 11.9 Å². The molecule has 2 N–H and O–H groups in total. The Morgan fingerprint density at radius 2 is 2.10 bits per heavy atom. The zero-order valence-electron chi connectivity index (χ0n) is 13.1. The zero-order chi connectivity index (χ0) is 15.1. The second kappa shape index (κ2) is 7.81. The van der Waals surface area contributed by atoms with Gasteiger partial charge in [0.15, 0.2) is 5.65 Å². The van der Waals surface area contributed by atoms with Crippen molar-refractivity contribution >= 4 is 17.1 Å². The van der Waals surface area contributed by atoms with Crippen LogP contribution in [0.4, 0.5) is 5.95 Å². The normalized spacial score (nSPS) is 12.5. The number of rotatable bonds is 9. The van der Waals surface area contributed by atoms with E-state index in [1.807, 2.05) is 6.92 Å². The van der Waals surface area contributed by atoms with Crippen LogP contribution < -0.4 is 10.1 Å². The quantitative estimate of drug-likeness (QED) is 0.691. The minimum atomic E-state index is 0.137. The summed E-state index contributed by atoms with van der Waals surface area (Å²) in [6, 6.07) is 0. The second-order valence-corrected chi connectivity index (χ2v) is 5.26. The second-order valence-electron chi connectivity index (χ2n) is 5.26. The molecule has 2 aromatic rings. The Bertz CT molecular complexity index is 554. The van der Waals surface area contributed by atoms with Crippen LogP contribution in [0.2, 0.25) is 0 Å². The molecule has 0 amide bonds. The lowest BCUT2D eigenvalue weighted by molar-refractivity contribution is 0.201. The number of unbranched alkanes of at least 4 members (excludes halogenated alkanes) is 3. The molecule has 2 aromatic heterocycles. The average Bonchev–Trinajstić information content (AvgIpc) is 2.92. The lowest BCUT2D eigenvalue weighted by Crippen LogP contribution is -2.14. The number of hydrogen-bond donors (Lipinski definition) is 2. The van der Waals surface area contributed by atoms with E-state index < -0.39 is 0 Å². The minimum Gasteiger partial charge on any atom is -0.473 e. The van der Waals surface area contributed by atoms with Crippen LogP contribution in [-0.4, -0.2) is 32.6 Å². The van der Waals surface area contributed by atoms with Gasteiger partial charge < -0.3 is 15.0 Å². The van der Waals surface area contributed by atoms with Gasteiger partial charge in [0.05, 0.1) is 12.4 Å². The highest BCUT2D eigenvalue weighted by Gasteiger charge is 2.13. The summed E-state index contributed by atoms with van der Waals surface area (Å²) >= 11 is 0. The summed E-state index contributed by atoms with van der Waals surface area (Å²) in [5.74, 6) is 1.14. The Morgan fingerprint density at radius 1 is 1.24 bits per heavy atom. The lowest BCUT2D eigenvalue weighted by atomic mass is 10.1. The van der Waals surface area contributed by atoms with Gasteiger partial charge in [-0.15, -0.1) is 0 Å². The number of nitrogens with one attached hydrogen (secondary N) is 2. The van der Waals surface area contributed by atoms with E-state index in [-0.39, 0.29) is 6.10 Å². The van der Waals surface area contributed by atoms with E-state index in [0.29, 0.717) is 17.5 Å². The van der Waals surface area contributed by atoms with E-state index >= 15 is 0 Å². The molecule has 6 nitrogen and oxygen atoms in total. The Morgan fingerprint density at radius 3 is 2.86 bits per heavy atom. The third-order valence-electron chi connectivity index (χ3n) is 3.36. The molecule has 6 heteroatoms. The number of H-pyrrole nitrogens is 1. The van der Waals surface area contributed by atoms with Gasteiger partial charge in [-0.2, -0.15) is 9.97 Å². The summed E-state index contributed by atoms with van der Waals surface area (Å²) in [6.45, 7) is 7.08. The molecule has 0 aromatic carbocycles. The molecule has 0 spiro atoms. The highest BCUT2D eigenvalue weighted by molar-refractivity contribution is 5.76. The first-order chi connectivity index (χ1) is 10.2. The fraction of sp³-hybridized carbons (Fsp3) is 0.667. The van der Waals surface area contributed by atoms with Crippen LogP contribution in [-0.2, 0) is 0 Å². The molecule has 0 aliphatic carbocycles. The van der Waals surface area contributed by atoms with Gasteiger partial charge in [-0.05, 0) is 26.7 Å². The summed E-state index contributed by atoms with van der Waals surface area (Å²) in [5.41, 5.74) is 1.39.